The van der Waals surface area contributed by atoms with Gasteiger partial charge in [0.2, 0.25) is 0 Å². The van der Waals surface area contributed by atoms with E-state index in [0.717, 1.165) is 29.0 Å². The van der Waals surface area contributed by atoms with Gasteiger partial charge in [0.25, 0.3) is 0 Å². The molecule has 0 atom stereocenters. The first-order chi connectivity index (χ1) is 10.0. The first-order valence-corrected chi connectivity index (χ1v) is 7.02. The van der Waals surface area contributed by atoms with Gasteiger partial charge in [-0.15, -0.1) is 0 Å². The second-order valence-electron chi connectivity index (χ2n) is 6.08. The highest BCUT2D eigenvalue weighted by Gasteiger charge is 2.10. The molecule has 2 aromatic heterocycles. The van der Waals surface area contributed by atoms with Crippen molar-refractivity contribution in [3.05, 3.63) is 48.5 Å². The van der Waals surface area contributed by atoms with Crippen LogP contribution in [0.5, 0.6) is 0 Å². The van der Waals surface area contributed by atoms with Gasteiger partial charge in [-0.2, -0.15) is 5.10 Å². The van der Waals surface area contributed by atoms with Crippen LogP contribution < -0.4 is 5.32 Å². The number of hydrogen-bond donors (Lipinski definition) is 1. The van der Waals surface area contributed by atoms with E-state index in [1.54, 1.807) is 12.4 Å². The SMILES string of the molecule is CC(C)(C)NCc1ccn(-c2ccc3nccnc3c2)n1. The van der Waals surface area contributed by atoms with Crippen molar-refractivity contribution in [1.82, 2.24) is 25.1 Å². The van der Waals surface area contributed by atoms with Crippen molar-refractivity contribution < 1.29 is 0 Å². The first kappa shape index (κ1) is 13.7. The lowest BCUT2D eigenvalue weighted by molar-refractivity contribution is 0.420. The monoisotopic (exact) mass is 281 g/mol. The van der Waals surface area contributed by atoms with Crippen LogP contribution in [0, 0.1) is 0 Å². The van der Waals surface area contributed by atoms with Crippen LogP contribution in [0.25, 0.3) is 16.7 Å². The fraction of sp³-hybridized carbons (Fsp3) is 0.312. The molecule has 5 nitrogen and oxygen atoms in total. The Morgan fingerprint density at radius 1 is 1.05 bits per heavy atom. The van der Waals surface area contributed by atoms with Crippen molar-refractivity contribution in [2.75, 3.05) is 0 Å². The van der Waals surface area contributed by atoms with Crippen molar-refractivity contribution in [3.63, 3.8) is 0 Å². The van der Waals surface area contributed by atoms with Gasteiger partial charge in [0.05, 0.1) is 22.4 Å². The molecule has 0 aliphatic heterocycles. The third-order valence-corrected chi connectivity index (χ3v) is 3.16. The smallest absolute Gasteiger partial charge is 0.0908 e. The molecular weight excluding hydrogens is 262 g/mol. The van der Waals surface area contributed by atoms with E-state index in [-0.39, 0.29) is 5.54 Å². The van der Waals surface area contributed by atoms with Crippen LogP contribution in [-0.2, 0) is 6.54 Å². The summed E-state index contributed by atoms with van der Waals surface area (Å²) in [5.74, 6) is 0. The number of hydrogen-bond acceptors (Lipinski definition) is 4. The Morgan fingerprint density at radius 2 is 1.81 bits per heavy atom. The Balaban J connectivity index is 1.84. The van der Waals surface area contributed by atoms with Crippen LogP contribution in [0.15, 0.2) is 42.9 Å². The van der Waals surface area contributed by atoms with Crippen LogP contribution in [0.3, 0.4) is 0 Å². The van der Waals surface area contributed by atoms with E-state index < -0.39 is 0 Å². The quantitative estimate of drug-likeness (QED) is 0.802. The molecule has 0 spiro atoms. The van der Waals surface area contributed by atoms with Crippen molar-refractivity contribution in [3.8, 4) is 5.69 Å². The van der Waals surface area contributed by atoms with Crippen LogP contribution >= 0.6 is 0 Å². The second kappa shape index (κ2) is 5.26. The summed E-state index contributed by atoms with van der Waals surface area (Å²) in [5.41, 5.74) is 3.86. The second-order valence-corrected chi connectivity index (χ2v) is 6.08. The van der Waals surface area contributed by atoms with Crippen LogP contribution in [0.1, 0.15) is 26.5 Å². The van der Waals surface area contributed by atoms with E-state index in [4.69, 9.17) is 0 Å². The van der Waals surface area contributed by atoms with Gasteiger partial charge in [-0.05, 0) is 45.0 Å². The number of fused-ring (bicyclic) bond motifs is 1. The number of aromatic nitrogens is 4. The average Bonchev–Trinajstić information content (AvgIpc) is 2.93. The van der Waals surface area contributed by atoms with Gasteiger partial charge >= 0.3 is 0 Å². The van der Waals surface area contributed by atoms with Gasteiger partial charge in [-0.1, -0.05) is 0 Å². The molecule has 0 fully saturated rings. The minimum absolute atomic E-state index is 0.0856. The topological polar surface area (TPSA) is 55.6 Å². The van der Waals surface area contributed by atoms with Crippen LogP contribution in [-0.4, -0.2) is 25.3 Å². The third kappa shape index (κ3) is 3.25. The molecule has 3 aromatic rings. The molecular formula is C16H19N5. The highest BCUT2D eigenvalue weighted by atomic mass is 15.3. The lowest BCUT2D eigenvalue weighted by Crippen LogP contribution is -2.35. The highest BCUT2D eigenvalue weighted by molar-refractivity contribution is 5.76. The molecule has 2 heterocycles. The van der Waals surface area contributed by atoms with E-state index in [0.29, 0.717) is 0 Å². The molecule has 108 valence electrons. The largest absolute Gasteiger partial charge is 0.306 e. The molecule has 3 rings (SSSR count). The molecule has 0 saturated carbocycles. The van der Waals surface area contributed by atoms with Crippen molar-refractivity contribution in [2.45, 2.75) is 32.9 Å². The molecule has 0 aliphatic rings. The number of nitrogens with one attached hydrogen (secondary N) is 1. The van der Waals surface area contributed by atoms with Gasteiger partial charge < -0.3 is 5.32 Å². The molecule has 5 heteroatoms. The zero-order chi connectivity index (χ0) is 14.9. The third-order valence-electron chi connectivity index (χ3n) is 3.16. The van der Waals surface area contributed by atoms with Crippen molar-refractivity contribution in [2.24, 2.45) is 0 Å². The Hall–Kier alpha value is -2.27. The van der Waals surface area contributed by atoms with Gasteiger partial charge in [-0.3, -0.25) is 9.97 Å². The Kier molecular flexibility index (Phi) is 3.43. The number of nitrogens with zero attached hydrogens (tertiary/aromatic N) is 4. The van der Waals surface area contributed by atoms with Crippen LogP contribution in [0.4, 0.5) is 0 Å². The summed E-state index contributed by atoms with van der Waals surface area (Å²) < 4.78 is 1.87. The Morgan fingerprint density at radius 3 is 2.57 bits per heavy atom. The number of rotatable bonds is 3. The van der Waals surface area contributed by atoms with E-state index >= 15 is 0 Å². The van der Waals surface area contributed by atoms with E-state index in [2.05, 4.69) is 41.2 Å². The zero-order valence-electron chi connectivity index (χ0n) is 12.5. The standard InChI is InChI=1S/C16H19N5/c1-16(2,3)19-11-12-6-9-21(20-12)13-4-5-14-15(10-13)18-8-7-17-14/h4-10,19H,11H2,1-3H3. The lowest BCUT2D eigenvalue weighted by atomic mass is 10.1. The fourth-order valence-corrected chi connectivity index (χ4v) is 2.05. The molecule has 0 radical (unpaired) electrons. The van der Waals surface area contributed by atoms with Gasteiger partial charge in [0.15, 0.2) is 0 Å². The van der Waals surface area contributed by atoms with Gasteiger partial charge in [0, 0.05) is 30.7 Å². The summed E-state index contributed by atoms with van der Waals surface area (Å²) in [6.45, 7) is 7.19. The minimum Gasteiger partial charge on any atom is -0.306 e. The maximum Gasteiger partial charge on any atom is 0.0908 e. The molecule has 0 aliphatic carbocycles. The summed E-state index contributed by atoms with van der Waals surface area (Å²) in [4.78, 5) is 8.60. The summed E-state index contributed by atoms with van der Waals surface area (Å²) in [5, 5.41) is 8.03. The normalized spacial score (nSPS) is 12.0. The predicted octanol–water partition coefficient (Wildman–Crippen LogP) is 2.70. The molecule has 0 saturated heterocycles. The summed E-state index contributed by atoms with van der Waals surface area (Å²) >= 11 is 0. The summed E-state index contributed by atoms with van der Waals surface area (Å²) in [7, 11) is 0. The van der Waals surface area contributed by atoms with Crippen molar-refractivity contribution in [1.29, 1.82) is 0 Å². The Bertz CT molecular complexity index is 754. The van der Waals surface area contributed by atoms with Gasteiger partial charge in [0.1, 0.15) is 0 Å². The Labute approximate surface area is 124 Å². The minimum atomic E-state index is 0.0856. The molecule has 0 bridgehead atoms. The zero-order valence-corrected chi connectivity index (χ0v) is 12.5. The maximum atomic E-state index is 4.60. The van der Waals surface area contributed by atoms with Gasteiger partial charge in [-0.25, -0.2) is 4.68 Å². The first-order valence-electron chi connectivity index (χ1n) is 7.02. The maximum absolute atomic E-state index is 4.60. The molecule has 0 unspecified atom stereocenters. The molecule has 1 aromatic carbocycles. The van der Waals surface area contributed by atoms with E-state index in [9.17, 15) is 0 Å². The number of benzene rings is 1. The molecule has 0 amide bonds. The summed E-state index contributed by atoms with van der Waals surface area (Å²) in [6, 6.07) is 7.99. The molecule has 21 heavy (non-hydrogen) atoms. The fourth-order valence-electron chi connectivity index (χ4n) is 2.05. The highest BCUT2D eigenvalue weighted by Crippen LogP contribution is 2.14. The lowest BCUT2D eigenvalue weighted by Gasteiger charge is -2.19. The predicted molar refractivity (Wildman–Crippen MR) is 83.3 cm³/mol. The van der Waals surface area contributed by atoms with E-state index in [1.807, 2.05) is 35.1 Å². The van der Waals surface area contributed by atoms with Crippen LogP contribution in [0.2, 0.25) is 0 Å². The average molecular weight is 281 g/mol. The molecule has 1 N–H and O–H groups in total. The summed E-state index contributed by atoms with van der Waals surface area (Å²) in [6.07, 6.45) is 5.37. The van der Waals surface area contributed by atoms with Crippen molar-refractivity contribution >= 4 is 11.0 Å². The van der Waals surface area contributed by atoms with E-state index in [1.165, 1.54) is 0 Å².